The summed E-state index contributed by atoms with van der Waals surface area (Å²) in [6, 6.07) is 8.52. The van der Waals surface area contributed by atoms with Gasteiger partial charge in [-0.25, -0.2) is 4.39 Å². The Balaban J connectivity index is 2.34. The van der Waals surface area contributed by atoms with Gasteiger partial charge in [0.1, 0.15) is 0 Å². The molecule has 0 saturated heterocycles. The zero-order valence-electron chi connectivity index (χ0n) is 9.74. The van der Waals surface area contributed by atoms with Crippen molar-refractivity contribution in [2.24, 2.45) is 5.73 Å². The summed E-state index contributed by atoms with van der Waals surface area (Å²) in [5.74, 6) is -0.142. The monoisotopic (exact) mass is 251 g/mol. The number of halogens is 1. The molecule has 1 heterocycles. The minimum absolute atomic E-state index is 0.228. The number of nitrogens with two attached hydrogens (primary N) is 1. The van der Waals surface area contributed by atoms with Crippen LogP contribution in [0.25, 0.3) is 0 Å². The number of hydrogen-bond acceptors (Lipinski definition) is 3. The van der Waals surface area contributed by atoms with Gasteiger partial charge in [-0.2, -0.15) is 0 Å². The van der Waals surface area contributed by atoms with Crippen LogP contribution in [-0.2, 0) is 0 Å². The average Bonchev–Trinajstić information content (AvgIpc) is 2.75. The van der Waals surface area contributed by atoms with E-state index in [1.54, 1.807) is 23.5 Å². The summed E-state index contributed by atoms with van der Waals surface area (Å²) in [5.41, 5.74) is 6.99. The molecule has 2 N–H and O–H groups in total. The molecule has 1 aromatic carbocycles. The smallest absolute Gasteiger partial charge is 0.165 e. The van der Waals surface area contributed by atoms with Crippen LogP contribution < -0.4 is 10.5 Å². The predicted octanol–water partition coefficient (Wildman–Crippen LogP) is 3.25. The topological polar surface area (TPSA) is 35.2 Å². The quantitative estimate of drug-likeness (QED) is 0.908. The van der Waals surface area contributed by atoms with Crippen molar-refractivity contribution in [3.05, 3.63) is 51.5 Å². The molecule has 17 heavy (non-hydrogen) atoms. The number of benzene rings is 1. The molecule has 2 rings (SSSR count). The van der Waals surface area contributed by atoms with Crippen LogP contribution in [-0.4, -0.2) is 7.11 Å². The highest BCUT2D eigenvalue weighted by Crippen LogP contribution is 2.29. The molecular weight excluding hydrogens is 237 g/mol. The first kappa shape index (κ1) is 12.1. The average molecular weight is 251 g/mol. The summed E-state index contributed by atoms with van der Waals surface area (Å²) in [4.78, 5) is 2.28. The summed E-state index contributed by atoms with van der Waals surface area (Å²) in [6.45, 7) is 2.03. The van der Waals surface area contributed by atoms with E-state index >= 15 is 0 Å². The lowest BCUT2D eigenvalue weighted by Gasteiger charge is -2.11. The van der Waals surface area contributed by atoms with Gasteiger partial charge in [-0.05, 0) is 36.8 Å². The van der Waals surface area contributed by atoms with Gasteiger partial charge in [0.15, 0.2) is 11.6 Å². The Bertz CT molecular complexity index is 524. The molecule has 0 spiro atoms. The third-order valence-corrected chi connectivity index (χ3v) is 3.69. The maximum Gasteiger partial charge on any atom is 0.165 e. The predicted molar refractivity (Wildman–Crippen MR) is 68.0 cm³/mol. The van der Waals surface area contributed by atoms with Gasteiger partial charge in [0.2, 0.25) is 0 Å². The molecule has 1 atom stereocenters. The summed E-state index contributed by atoms with van der Waals surface area (Å²) in [6.07, 6.45) is 0. The van der Waals surface area contributed by atoms with Crippen molar-refractivity contribution in [3.63, 3.8) is 0 Å². The summed E-state index contributed by atoms with van der Waals surface area (Å²) in [5, 5.41) is 0. The summed E-state index contributed by atoms with van der Waals surface area (Å²) in [7, 11) is 1.45. The SMILES string of the molecule is COc1cc(C(N)c2ccc(C)s2)ccc1F. The van der Waals surface area contributed by atoms with E-state index in [1.165, 1.54) is 18.1 Å². The van der Waals surface area contributed by atoms with Crippen LogP contribution >= 0.6 is 11.3 Å². The van der Waals surface area contributed by atoms with Gasteiger partial charge in [-0.3, -0.25) is 0 Å². The molecule has 1 unspecified atom stereocenters. The number of aryl methyl sites for hydroxylation is 1. The van der Waals surface area contributed by atoms with E-state index in [4.69, 9.17) is 10.5 Å². The number of rotatable bonds is 3. The van der Waals surface area contributed by atoms with Crippen molar-refractivity contribution >= 4 is 11.3 Å². The van der Waals surface area contributed by atoms with Crippen molar-refractivity contribution in [3.8, 4) is 5.75 Å². The second kappa shape index (κ2) is 4.85. The van der Waals surface area contributed by atoms with Crippen LogP contribution in [0, 0.1) is 12.7 Å². The minimum Gasteiger partial charge on any atom is -0.494 e. The molecule has 2 nitrogen and oxygen atoms in total. The van der Waals surface area contributed by atoms with Gasteiger partial charge < -0.3 is 10.5 Å². The normalized spacial score (nSPS) is 12.5. The van der Waals surface area contributed by atoms with Crippen LogP contribution in [0.5, 0.6) is 5.75 Å². The van der Waals surface area contributed by atoms with Crippen molar-refractivity contribution in [2.45, 2.75) is 13.0 Å². The Hall–Kier alpha value is -1.39. The van der Waals surface area contributed by atoms with E-state index < -0.39 is 0 Å². The Morgan fingerprint density at radius 2 is 2.06 bits per heavy atom. The molecule has 0 aliphatic heterocycles. The standard InChI is InChI=1S/C13H14FNOS/c1-8-3-6-12(17-8)13(15)9-4-5-10(14)11(7-9)16-2/h3-7,13H,15H2,1-2H3. The van der Waals surface area contributed by atoms with E-state index in [9.17, 15) is 4.39 Å². The molecule has 1 aromatic heterocycles. The van der Waals surface area contributed by atoms with Crippen molar-refractivity contribution in [2.75, 3.05) is 7.11 Å². The lowest BCUT2D eigenvalue weighted by Crippen LogP contribution is -2.10. The molecule has 2 aromatic rings. The van der Waals surface area contributed by atoms with Gasteiger partial charge in [0.25, 0.3) is 0 Å². The van der Waals surface area contributed by atoms with E-state index in [1.807, 2.05) is 19.1 Å². The Morgan fingerprint density at radius 1 is 1.29 bits per heavy atom. The molecular formula is C13H14FNOS. The van der Waals surface area contributed by atoms with Crippen LogP contribution in [0.3, 0.4) is 0 Å². The van der Waals surface area contributed by atoms with Gasteiger partial charge in [-0.15, -0.1) is 11.3 Å². The molecule has 0 radical (unpaired) electrons. The second-order valence-electron chi connectivity index (χ2n) is 3.82. The van der Waals surface area contributed by atoms with Crippen LogP contribution in [0.15, 0.2) is 30.3 Å². The first-order chi connectivity index (χ1) is 8.11. The summed E-state index contributed by atoms with van der Waals surface area (Å²) >= 11 is 1.65. The Morgan fingerprint density at radius 3 is 2.65 bits per heavy atom. The third-order valence-electron chi connectivity index (χ3n) is 2.60. The maximum atomic E-state index is 13.3. The van der Waals surface area contributed by atoms with Gasteiger partial charge in [0.05, 0.1) is 13.2 Å². The number of thiophene rings is 1. The van der Waals surface area contributed by atoms with Gasteiger partial charge in [0, 0.05) is 9.75 Å². The van der Waals surface area contributed by atoms with E-state index in [0.29, 0.717) is 0 Å². The van der Waals surface area contributed by atoms with Gasteiger partial charge >= 0.3 is 0 Å². The van der Waals surface area contributed by atoms with Crippen LogP contribution in [0.2, 0.25) is 0 Å². The number of methoxy groups -OCH3 is 1. The molecule has 0 fully saturated rings. The van der Waals surface area contributed by atoms with Crippen LogP contribution in [0.1, 0.15) is 21.4 Å². The first-order valence-corrected chi connectivity index (χ1v) is 6.09. The molecule has 0 saturated carbocycles. The fourth-order valence-corrected chi connectivity index (χ4v) is 2.56. The fourth-order valence-electron chi connectivity index (χ4n) is 1.65. The molecule has 90 valence electrons. The highest BCUT2D eigenvalue weighted by molar-refractivity contribution is 7.12. The van der Waals surface area contributed by atoms with E-state index in [0.717, 1.165) is 10.4 Å². The second-order valence-corrected chi connectivity index (χ2v) is 5.14. The Labute approximate surface area is 104 Å². The number of ether oxygens (including phenoxy) is 1. The van der Waals surface area contributed by atoms with Crippen molar-refractivity contribution in [1.29, 1.82) is 0 Å². The van der Waals surface area contributed by atoms with Crippen molar-refractivity contribution in [1.82, 2.24) is 0 Å². The zero-order chi connectivity index (χ0) is 12.4. The van der Waals surface area contributed by atoms with E-state index in [-0.39, 0.29) is 17.6 Å². The zero-order valence-corrected chi connectivity index (χ0v) is 10.6. The first-order valence-electron chi connectivity index (χ1n) is 5.27. The minimum atomic E-state index is -0.370. The van der Waals surface area contributed by atoms with Crippen LogP contribution in [0.4, 0.5) is 4.39 Å². The molecule has 0 bridgehead atoms. The summed E-state index contributed by atoms with van der Waals surface area (Å²) < 4.78 is 18.2. The van der Waals surface area contributed by atoms with Crippen molar-refractivity contribution < 1.29 is 9.13 Å². The highest BCUT2D eigenvalue weighted by Gasteiger charge is 2.13. The molecule has 0 amide bonds. The highest BCUT2D eigenvalue weighted by atomic mass is 32.1. The fraction of sp³-hybridized carbons (Fsp3) is 0.231. The molecule has 4 heteroatoms. The molecule has 0 aliphatic carbocycles. The van der Waals surface area contributed by atoms with E-state index in [2.05, 4.69) is 0 Å². The molecule has 0 aliphatic rings. The largest absolute Gasteiger partial charge is 0.494 e. The third kappa shape index (κ3) is 2.48. The maximum absolute atomic E-state index is 13.3. The number of hydrogen-bond donors (Lipinski definition) is 1. The Kier molecular flexibility index (Phi) is 3.45. The lowest BCUT2D eigenvalue weighted by atomic mass is 10.1. The van der Waals surface area contributed by atoms with Gasteiger partial charge in [-0.1, -0.05) is 6.07 Å². The lowest BCUT2D eigenvalue weighted by molar-refractivity contribution is 0.385.